The Morgan fingerprint density at radius 1 is 1.19 bits per heavy atom. The second-order valence-corrected chi connectivity index (χ2v) is 5.27. The number of allylic oxidation sites excluding steroid dienone is 4. The Kier molecular flexibility index (Phi) is 2.37. The van der Waals surface area contributed by atoms with Crippen LogP contribution >= 0.6 is 0 Å². The molecule has 0 spiro atoms. The average Bonchev–Trinajstić information content (AvgIpc) is 2.38. The van der Waals surface area contributed by atoms with E-state index in [-0.39, 0.29) is 11.2 Å². The Labute approximate surface area is 96.1 Å². The summed E-state index contributed by atoms with van der Waals surface area (Å²) in [5, 5.41) is 0. The van der Waals surface area contributed by atoms with E-state index in [1.165, 1.54) is 0 Å². The molecular weight excluding hydrogens is 204 g/mol. The van der Waals surface area contributed by atoms with E-state index in [2.05, 4.69) is 13.8 Å². The van der Waals surface area contributed by atoms with E-state index in [1.54, 1.807) is 6.92 Å². The van der Waals surface area contributed by atoms with Gasteiger partial charge >= 0.3 is 5.79 Å². The molecule has 16 heavy (non-hydrogen) atoms. The lowest BCUT2D eigenvalue weighted by atomic mass is 9.85. The first-order chi connectivity index (χ1) is 7.33. The quantitative estimate of drug-likeness (QED) is 0.632. The van der Waals surface area contributed by atoms with Crippen molar-refractivity contribution in [3.63, 3.8) is 0 Å². The zero-order valence-corrected chi connectivity index (χ0v) is 10.3. The van der Waals surface area contributed by atoms with Gasteiger partial charge in [-0.25, -0.2) is 0 Å². The molecule has 1 fully saturated rings. The Morgan fingerprint density at radius 3 is 2.56 bits per heavy atom. The van der Waals surface area contributed by atoms with Crippen LogP contribution in [-0.2, 0) is 14.3 Å². The maximum Gasteiger partial charge on any atom is 0.307 e. The van der Waals surface area contributed by atoms with Gasteiger partial charge in [0, 0.05) is 18.8 Å². The van der Waals surface area contributed by atoms with Crippen LogP contribution in [0.1, 0.15) is 40.5 Å². The number of rotatable bonds is 0. The standard InChI is InChI=1S/C13H18O3/c1-9-5-6-11-12(2,3)8-7-10(14)13(4,15-9)16-11/h5-6H,7-8H2,1-4H3. The van der Waals surface area contributed by atoms with Crippen LogP contribution in [0.25, 0.3) is 0 Å². The monoisotopic (exact) mass is 222 g/mol. The summed E-state index contributed by atoms with van der Waals surface area (Å²) in [7, 11) is 0. The molecule has 3 heteroatoms. The van der Waals surface area contributed by atoms with Crippen molar-refractivity contribution in [1.29, 1.82) is 0 Å². The minimum Gasteiger partial charge on any atom is -0.451 e. The number of hydrogen-bond donors (Lipinski definition) is 0. The molecule has 3 nitrogen and oxygen atoms in total. The van der Waals surface area contributed by atoms with Gasteiger partial charge < -0.3 is 9.47 Å². The Morgan fingerprint density at radius 2 is 1.88 bits per heavy atom. The van der Waals surface area contributed by atoms with Crippen LogP contribution in [0, 0.1) is 5.41 Å². The molecule has 1 saturated heterocycles. The molecule has 2 rings (SSSR count). The van der Waals surface area contributed by atoms with Gasteiger partial charge in [-0.05, 0) is 25.5 Å². The zero-order valence-electron chi connectivity index (χ0n) is 10.3. The number of carbonyl (C=O) groups excluding carboxylic acids is 1. The van der Waals surface area contributed by atoms with E-state index < -0.39 is 5.79 Å². The SMILES string of the molecule is CC1=CC=C2OC(C)(O1)C(=O)CCC2(C)C. The van der Waals surface area contributed by atoms with Crippen LogP contribution in [0.4, 0.5) is 0 Å². The van der Waals surface area contributed by atoms with E-state index in [0.717, 1.165) is 12.2 Å². The van der Waals surface area contributed by atoms with Crippen molar-refractivity contribution in [3.8, 4) is 0 Å². The lowest BCUT2D eigenvalue weighted by molar-refractivity contribution is -0.189. The summed E-state index contributed by atoms with van der Waals surface area (Å²) in [6.07, 6.45) is 5.07. The lowest BCUT2D eigenvalue weighted by Crippen LogP contribution is -2.39. The molecule has 0 radical (unpaired) electrons. The third-order valence-electron chi connectivity index (χ3n) is 3.28. The van der Waals surface area contributed by atoms with E-state index in [0.29, 0.717) is 12.2 Å². The topological polar surface area (TPSA) is 35.5 Å². The molecular formula is C13H18O3. The van der Waals surface area contributed by atoms with Crippen molar-refractivity contribution >= 4 is 5.78 Å². The molecule has 0 N–H and O–H groups in total. The smallest absolute Gasteiger partial charge is 0.307 e. The maximum absolute atomic E-state index is 12.0. The van der Waals surface area contributed by atoms with Crippen LogP contribution in [-0.4, -0.2) is 11.6 Å². The fourth-order valence-electron chi connectivity index (χ4n) is 2.05. The van der Waals surface area contributed by atoms with Gasteiger partial charge in [0.25, 0.3) is 0 Å². The molecule has 1 atom stereocenters. The summed E-state index contributed by atoms with van der Waals surface area (Å²) in [6, 6.07) is 0. The van der Waals surface area contributed by atoms with Crippen LogP contribution in [0.5, 0.6) is 0 Å². The molecule has 0 aromatic heterocycles. The predicted molar refractivity (Wildman–Crippen MR) is 60.4 cm³/mol. The highest BCUT2D eigenvalue weighted by atomic mass is 16.7. The Balaban J connectivity index is 2.50. The molecule has 0 aromatic rings. The molecule has 2 heterocycles. The molecule has 2 aliphatic rings. The van der Waals surface area contributed by atoms with Gasteiger partial charge in [-0.15, -0.1) is 0 Å². The molecule has 2 aliphatic heterocycles. The highest BCUT2D eigenvalue weighted by molar-refractivity contribution is 5.86. The van der Waals surface area contributed by atoms with Crippen molar-refractivity contribution in [3.05, 3.63) is 23.7 Å². The maximum atomic E-state index is 12.0. The van der Waals surface area contributed by atoms with Gasteiger partial charge in [-0.1, -0.05) is 13.8 Å². The Hall–Kier alpha value is -1.25. The van der Waals surface area contributed by atoms with Crippen molar-refractivity contribution in [2.45, 2.75) is 46.3 Å². The van der Waals surface area contributed by atoms with Gasteiger partial charge in [0.2, 0.25) is 5.78 Å². The van der Waals surface area contributed by atoms with Crippen LogP contribution in [0.3, 0.4) is 0 Å². The first-order valence-corrected chi connectivity index (χ1v) is 5.64. The van der Waals surface area contributed by atoms with E-state index in [9.17, 15) is 4.79 Å². The van der Waals surface area contributed by atoms with Gasteiger partial charge in [-0.3, -0.25) is 4.79 Å². The molecule has 2 bridgehead atoms. The fraction of sp³-hybridized carbons (Fsp3) is 0.615. The second kappa shape index (κ2) is 3.37. The van der Waals surface area contributed by atoms with Crippen molar-refractivity contribution in [1.82, 2.24) is 0 Å². The zero-order chi connectivity index (χ0) is 12.0. The molecule has 0 aliphatic carbocycles. The third-order valence-corrected chi connectivity index (χ3v) is 3.28. The normalized spacial score (nSPS) is 32.6. The number of hydrogen-bond acceptors (Lipinski definition) is 3. The summed E-state index contributed by atoms with van der Waals surface area (Å²) in [5.74, 6) is 0.413. The van der Waals surface area contributed by atoms with E-state index in [4.69, 9.17) is 9.47 Å². The second-order valence-electron chi connectivity index (χ2n) is 5.27. The van der Waals surface area contributed by atoms with Crippen LogP contribution < -0.4 is 0 Å². The summed E-state index contributed by atoms with van der Waals surface area (Å²) >= 11 is 0. The van der Waals surface area contributed by atoms with Crippen LogP contribution in [0.15, 0.2) is 23.7 Å². The minimum absolute atomic E-state index is 0.0126. The predicted octanol–water partition coefficient (Wildman–Crippen LogP) is 2.93. The van der Waals surface area contributed by atoms with Crippen molar-refractivity contribution in [2.24, 2.45) is 5.41 Å². The van der Waals surface area contributed by atoms with Crippen LogP contribution in [0.2, 0.25) is 0 Å². The van der Waals surface area contributed by atoms with Gasteiger partial charge in [0.05, 0.1) is 5.76 Å². The fourth-order valence-corrected chi connectivity index (χ4v) is 2.05. The molecule has 0 aromatic carbocycles. The molecule has 0 amide bonds. The first kappa shape index (κ1) is 11.2. The van der Waals surface area contributed by atoms with Crippen molar-refractivity contribution < 1.29 is 14.3 Å². The number of ether oxygens (including phenoxy) is 2. The third kappa shape index (κ3) is 1.75. The van der Waals surface area contributed by atoms with Crippen molar-refractivity contribution in [2.75, 3.05) is 0 Å². The number of ketones is 1. The summed E-state index contributed by atoms with van der Waals surface area (Å²) in [6.45, 7) is 7.72. The molecule has 88 valence electrons. The van der Waals surface area contributed by atoms with Gasteiger partial charge in [-0.2, -0.15) is 0 Å². The Bertz CT molecular complexity index is 390. The average molecular weight is 222 g/mol. The van der Waals surface area contributed by atoms with Gasteiger partial charge in [0.15, 0.2) is 0 Å². The number of Topliss-reactive ketones (excluding diaryl/α,β-unsaturated/α-hetero) is 1. The highest BCUT2D eigenvalue weighted by Crippen LogP contribution is 2.42. The summed E-state index contributed by atoms with van der Waals surface area (Å²) in [4.78, 5) is 12.0. The summed E-state index contributed by atoms with van der Waals surface area (Å²) in [5.41, 5.74) is -0.113. The lowest BCUT2D eigenvalue weighted by Gasteiger charge is -2.30. The number of fused-ring (bicyclic) bond motifs is 2. The molecule has 0 saturated carbocycles. The molecule has 1 unspecified atom stereocenters. The highest BCUT2D eigenvalue weighted by Gasteiger charge is 2.45. The van der Waals surface area contributed by atoms with E-state index in [1.807, 2.05) is 19.1 Å². The van der Waals surface area contributed by atoms with Gasteiger partial charge in [0.1, 0.15) is 5.76 Å². The minimum atomic E-state index is -1.14. The summed E-state index contributed by atoms with van der Waals surface area (Å²) < 4.78 is 11.4. The number of carbonyl (C=O) groups is 1. The largest absolute Gasteiger partial charge is 0.451 e. The first-order valence-electron chi connectivity index (χ1n) is 5.64. The van der Waals surface area contributed by atoms with E-state index >= 15 is 0 Å².